The van der Waals surface area contributed by atoms with Gasteiger partial charge in [0.2, 0.25) is 0 Å². The van der Waals surface area contributed by atoms with E-state index >= 15 is 0 Å². The number of nitrogens with one attached hydrogen (secondary N) is 1. The van der Waals surface area contributed by atoms with Gasteiger partial charge in [-0.15, -0.1) is 0 Å². The van der Waals surface area contributed by atoms with Crippen molar-refractivity contribution < 1.29 is 8.42 Å². The molecule has 10 heteroatoms. The van der Waals surface area contributed by atoms with Crippen LogP contribution < -0.4 is 15.4 Å². The second kappa shape index (κ2) is 7.91. The quantitative estimate of drug-likeness (QED) is 0.619. The van der Waals surface area contributed by atoms with Gasteiger partial charge in [0.05, 0.1) is 22.4 Å². The molecule has 0 spiro atoms. The maximum Gasteiger partial charge on any atom is 0.270 e. The first-order valence-corrected chi connectivity index (χ1v) is 11.0. The molecule has 0 fully saturated rings. The van der Waals surface area contributed by atoms with E-state index in [4.69, 9.17) is 22.6 Å². The number of anilines is 3. The number of para-hydroxylation sites is 1. The summed E-state index contributed by atoms with van der Waals surface area (Å²) in [6.45, 7) is 1.78. The van der Waals surface area contributed by atoms with Gasteiger partial charge in [-0.25, -0.2) is 22.7 Å². The Bertz CT molecular complexity index is 1340. The summed E-state index contributed by atoms with van der Waals surface area (Å²) in [7, 11) is -4.00. The van der Waals surface area contributed by atoms with E-state index < -0.39 is 16.1 Å². The van der Waals surface area contributed by atoms with Gasteiger partial charge in [-0.1, -0.05) is 41.9 Å². The Morgan fingerprint density at radius 2 is 1.90 bits per heavy atom. The highest BCUT2D eigenvalue weighted by atomic mass is 35.5. The summed E-state index contributed by atoms with van der Waals surface area (Å²) in [6, 6.07) is 15.0. The van der Waals surface area contributed by atoms with Crippen LogP contribution in [-0.4, -0.2) is 24.4 Å². The fourth-order valence-electron chi connectivity index (χ4n) is 3.39. The minimum Gasteiger partial charge on any atom is -0.393 e. The van der Waals surface area contributed by atoms with Crippen LogP contribution in [0.2, 0.25) is 5.02 Å². The molecule has 0 amide bonds. The second-order valence-electron chi connectivity index (χ2n) is 6.79. The van der Waals surface area contributed by atoms with Crippen LogP contribution in [-0.2, 0) is 10.0 Å². The van der Waals surface area contributed by atoms with Crippen molar-refractivity contribution in [1.29, 1.82) is 5.26 Å². The molecular formula is C21H17ClN6O2S. The number of halogens is 1. The zero-order chi connectivity index (χ0) is 22.2. The van der Waals surface area contributed by atoms with E-state index in [-0.39, 0.29) is 27.1 Å². The average molecular weight is 453 g/mol. The number of nitriles is 1. The second-order valence-corrected chi connectivity index (χ2v) is 8.93. The minimum absolute atomic E-state index is 0.0342. The molecule has 8 nitrogen and oxygen atoms in total. The van der Waals surface area contributed by atoms with Crippen LogP contribution in [0.4, 0.5) is 17.2 Å². The topological polar surface area (TPSA) is 125 Å². The highest BCUT2D eigenvalue weighted by Crippen LogP contribution is 2.40. The molecule has 1 aliphatic rings. The Balaban J connectivity index is 1.87. The van der Waals surface area contributed by atoms with Crippen molar-refractivity contribution in [3.63, 3.8) is 0 Å². The van der Waals surface area contributed by atoms with Gasteiger partial charge in [-0.05, 0) is 36.8 Å². The van der Waals surface area contributed by atoms with Gasteiger partial charge in [0, 0.05) is 0 Å². The third-order valence-electron chi connectivity index (χ3n) is 4.81. The molecule has 1 aromatic heterocycles. The maximum atomic E-state index is 13.6. The van der Waals surface area contributed by atoms with Crippen LogP contribution in [0.25, 0.3) is 6.08 Å². The SMILES string of the molecule is CC(Nc1ncnc(C#N)c1N)C1=Cc2cccc(Cl)c2S(=O)(=O)N1c1ccccc1. The fraction of sp³-hybridized carbons (Fsp3) is 0.0952. The lowest BCUT2D eigenvalue weighted by atomic mass is 10.1. The molecule has 0 bridgehead atoms. The molecule has 2 aromatic carbocycles. The molecule has 0 aliphatic carbocycles. The number of aromatic nitrogens is 2. The first-order chi connectivity index (χ1) is 14.8. The number of nitrogen functional groups attached to an aromatic ring is 1. The van der Waals surface area contributed by atoms with Crippen LogP contribution in [0.15, 0.2) is 65.5 Å². The van der Waals surface area contributed by atoms with E-state index in [0.29, 0.717) is 16.9 Å². The van der Waals surface area contributed by atoms with Gasteiger partial charge in [0.25, 0.3) is 10.0 Å². The zero-order valence-electron chi connectivity index (χ0n) is 16.3. The Kier molecular flexibility index (Phi) is 5.27. The van der Waals surface area contributed by atoms with Gasteiger partial charge >= 0.3 is 0 Å². The molecule has 156 valence electrons. The molecule has 31 heavy (non-hydrogen) atoms. The summed E-state index contributed by atoms with van der Waals surface area (Å²) >= 11 is 6.28. The van der Waals surface area contributed by atoms with Gasteiger partial charge in [0.1, 0.15) is 23.0 Å². The Morgan fingerprint density at radius 3 is 2.61 bits per heavy atom. The van der Waals surface area contributed by atoms with Crippen molar-refractivity contribution in [3.8, 4) is 6.07 Å². The zero-order valence-corrected chi connectivity index (χ0v) is 17.9. The number of hydrogen-bond acceptors (Lipinski definition) is 7. The third-order valence-corrected chi connectivity index (χ3v) is 7.11. The van der Waals surface area contributed by atoms with Crippen molar-refractivity contribution in [1.82, 2.24) is 9.97 Å². The number of rotatable bonds is 4. The van der Waals surface area contributed by atoms with Crippen molar-refractivity contribution in [3.05, 3.63) is 76.8 Å². The van der Waals surface area contributed by atoms with E-state index in [1.807, 2.05) is 6.07 Å². The molecule has 1 aliphatic heterocycles. The van der Waals surface area contributed by atoms with Crippen LogP contribution in [0.1, 0.15) is 18.2 Å². The fourth-order valence-corrected chi connectivity index (χ4v) is 5.67. The summed E-state index contributed by atoms with van der Waals surface area (Å²) in [4.78, 5) is 7.98. The van der Waals surface area contributed by atoms with E-state index in [9.17, 15) is 8.42 Å². The van der Waals surface area contributed by atoms with Gasteiger partial charge in [-0.2, -0.15) is 5.26 Å². The highest BCUT2D eigenvalue weighted by molar-refractivity contribution is 7.93. The maximum absolute atomic E-state index is 13.6. The van der Waals surface area contributed by atoms with Crippen molar-refractivity contribution in [2.45, 2.75) is 17.9 Å². The normalized spacial score (nSPS) is 15.4. The standard InChI is InChI=1S/C21H17ClN6O2S/c1-13(27-21-19(24)17(11-23)25-12-26-21)18-10-14-6-5-9-16(22)20(14)31(29,30)28(18)15-7-3-2-4-8-15/h2-10,12-13H,24H2,1H3,(H,25,26,27). The molecular weight excluding hydrogens is 436 g/mol. The van der Waals surface area contributed by atoms with Crippen LogP contribution in [0, 0.1) is 11.3 Å². The number of fused-ring (bicyclic) bond motifs is 1. The van der Waals surface area contributed by atoms with E-state index in [1.165, 1.54) is 10.6 Å². The van der Waals surface area contributed by atoms with Crippen LogP contribution >= 0.6 is 11.6 Å². The lowest BCUT2D eigenvalue weighted by Gasteiger charge is -2.34. The van der Waals surface area contributed by atoms with Crippen molar-refractivity contribution in [2.24, 2.45) is 0 Å². The third kappa shape index (κ3) is 3.56. The lowest BCUT2D eigenvalue weighted by Crippen LogP contribution is -2.40. The molecule has 3 aromatic rings. The molecule has 0 saturated carbocycles. The summed E-state index contributed by atoms with van der Waals surface area (Å²) in [6.07, 6.45) is 2.98. The van der Waals surface area contributed by atoms with Crippen molar-refractivity contribution >= 4 is 44.9 Å². The smallest absolute Gasteiger partial charge is 0.270 e. The molecule has 1 atom stereocenters. The Labute approximate surface area is 184 Å². The lowest BCUT2D eigenvalue weighted by molar-refractivity contribution is 0.592. The predicted octanol–water partition coefficient (Wildman–Crippen LogP) is 3.63. The molecule has 3 N–H and O–H groups in total. The van der Waals surface area contributed by atoms with Crippen LogP contribution in [0.5, 0.6) is 0 Å². The molecule has 1 unspecified atom stereocenters. The predicted molar refractivity (Wildman–Crippen MR) is 120 cm³/mol. The van der Waals surface area contributed by atoms with E-state index in [1.54, 1.807) is 61.5 Å². The first-order valence-electron chi connectivity index (χ1n) is 9.22. The molecule has 0 radical (unpaired) electrons. The number of nitrogens with zero attached hydrogens (tertiary/aromatic N) is 4. The number of hydrogen-bond donors (Lipinski definition) is 2. The van der Waals surface area contributed by atoms with Gasteiger partial charge in [0.15, 0.2) is 11.5 Å². The summed E-state index contributed by atoms with van der Waals surface area (Å²) in [5, 5.41) is 12.4. The molecule has 2 heterocycles. The monoisotopic (exact) mass is 452 g/mol. The van der Waals surface area contributed by atoms with Crippen molar-refractivity contribution in [2.75, 3.05) is 15.4 Å². The number of sulfonamides is 1. The number of benzene rings is 2. The Hall–Kier alpha value is -3.61. The first kappa shape index (κ1) is 20.7. The van der Waals surface area contributed by atoms with E-state index in [0.717, 1.165) is 0 Å². The van der Waals surface area contributed by atoms with Gasteiger partial charge in [-0.3, -0.25) is 0 Å². The largest absolute Gasteiger partial charge is 0.393 e. The summed E-state index contributed by atoms with van der Waals surface area (Å²) < 4.78 is 28.5. The van der Waals surface area contributed by atoms with Crippen LogP contribution in [0.3, 0.4) is 0 Å². The summed E-state index contributed by atoms with van der Waals surface area (Å²) in [5.41, 5.74) is 7.50. The molecule has 4 rings (SSSR count). The summed E-state index contributed by atoms with van der Waals surface area (Å²) in [5.74, 6) is 0.238. The van der Waals surface area contributed by atoms with Gasteiger partial charge < -0.3 is 11.1 Å². The number of nitrogens with two attached hydrogens (primary N) is 1. The average Bonchev–Trinajstić information content (AvgIpc) is 2.75. The van der Waals surface area contributed by atoms with E-state index in [2.05, 4.69) is 15.3 Å². The highest BCUT2D eigenvalue weighted by Gasteiger charge is 2.37. The molecule has 0 saturated heterocycles. The minimum atomic E-state index is -4.00. The Morgan fingerprint density at radius 1 is 1.16 bits per heavy atom.